The number of hydrogen-bond acceptors (Lipinski definition) is 12. The summed E-state index contributed by atoms with van der Waals surface area (Å²) >= 11 is 0. The van der Waals surface area contributed by atoms with Crippen LogP contribution in [0.25, 0.3) is 0 Å². The molecule has 0 heterocycles. The van der Waals surface area contributed by atoms with Crippen LogP contribution < -0.4 is 0 Å². The molecule has 0 amide bonds. The Morgan fingerprint density at radius 2 is 0.816 bits per heavy atom. The van der Waals surface area contributed by atoms with Crippen LogP contribution in [0.5, 0.6) is 0 Å². The summed E-state index contributed by atoms with van der Waals surface area (Å²) in [6.07, 6.45) is 0. The number of rotatable bonds is 27. The SMILES string of the molecule is C=C(C)C(=O)OCCOCCOCCOCCOCCOCCOCCOCCOCC(=O)OC(C)(C)C. The van der Waals surface area contributed by atoms with Crippen LogP contribution >= 0.6 is 0 Å². The van der Waals surface area contributed by atoms with Crippen molar-refractivity contribution in [3.8, 4) is 0 Å². The highest BCUT2D eigenvalue weighted by atomic mass is 16.6. The third-order valence-electron chi connectivity index (χ3n) is 4.05. The van der Waals surface area contributed by atoms with Gasteiger partial charge < -0.3 is 47.4 Å². The minimum atomic E-state index is -0.511. The van der Waals surface area contributed by atoms with Gasteiger partial charge in [-0.05, 0) is 27.7 Å². The Labute approximate surface area is 227 Å². The van der Waals surface area contributed by atoms with Crippen molar-refractivity contribution in [3.05, 3.63) is 12.2 Å². The lowest BCUT2D eigenvalue weighted by molar-refractivity contribution is -0.160. The fourth-order valence-electron chi connectivity index (χ4n) is 2.38. The van der Waals surface area contributed by atoms with Crippen molar-refractivity contribution in [2.45, 2.75) is 33.3 Å². The zero-order chi connectivity index (χ0) is 28.3. The molecule has 12 nitrogen and oxygen atoms in total. The Morgan fingerprint density at radius 1 is 0.526 bits per heavy atom. The highest BCUT2D eigenvalue weighted by Crippen LogP contribution is 2.06. The zero-order valence-electron chi connectivity index (χ0n) is 23.6. The molecule has 0 saturated carbocycles. The van der Waals surface area contributed by atoms with Gasteiger partial charge >= 0.3 is 11.9 Å². The van der Waals surface area contributed by atoms with Crippen LogP contribution in [-0.2, 0) is 57.0 Å². The van der Waals surface area contributed by atoms with Crippen LogP contribution in [0, 0.1) is 0 Å². The second kappa shape index (κ2) is 25.6. The van der Waals surface area contributed by atoms with Crippen molar-refractivity contribution in [3.63, 3.8) is 0 Å². The summed E-state index contributed by atoms with van der Waals surface area (Å²) in [5.74, 6) is -0.806. The molecule has 0 aliphatic heterocycles. The van der Waals surface area contributed by atoms with Crippen LogP contribution in [0.3, 0.4) is 0 Å². The van der Waals surface area contributed by atoms with Crippen LogP contribution in [0.4, 0.5) is 0 Å². The Kier molecular flexibility index (Phi) is 24.5. The Morgan fingerprint density at radius 3 is 1.11 bits per heavy atom. The van der Waals surface area contributed by atoms with Crippen molar-refractivity contribution in [1.82, 2.24) is 0 Å². The maximum absolute atomic E-state index is 11.5. The van der Waals surface area contributed by atoms with E-state index in [0.29, 0.717) is 105 Å². The van der Waals surface area contributed by atoms with Gasteiger partial charge in [0.15, 0.2) is 0 Å². The van der Waals surface area contributed by atoms with E-state index in [1.54, 1.807) is 6.92 Å². The van der Waals surface area contributed by atoms with Gasteiger partial charge in [-0.2, -0.15) is 0 Å². The lowest BCUT2D eigenvalue weighted by Gasteiger charge is -2.19. The predicted molar refractivity (Wildman–Crippen MR) is 138 cm³/mol. The van der Waals surface area contributed by atoms with Crippen molar-refractivity contribution >= 4 is 11.9 Å². The minimum absolute atomic E-state index is 0.0859. The summed E-state index contributed by atoms with van der Waals surface area (Å²) < 4.78 is 52.9. The highest BCUT2D eigenvalue weighted by Gasteiger charge is 2.15. The Balaban J connectivity index is 3.14. The first kappa shape index (κ1) is 36.4. The first-order valence-corrected chi connectivity index (χ1v) is 12.9. The maximum Gasteiger partial charge on any atom is 0.333 e. The molecule has 0 aliphatic carbocycles. The molecule has 0 N–H and O–H groups in total. The van der Waals surface area contributed by atoms with Crippen LogP contribution in [-0.4, -0.2) is 130 Å². The van der Waals surface area contributed by atoms with Crippen molar-refractivity contribution in [2.75, 3.05) is 112 Å². The smallest absolute Gasteiger partial charge is 0.333 e. The second-order valence-corrected chi connectivity index (χ2v) is 8.84. The van der Waals surface area contributed by atoms with Gasteiger partial charge in [-0.3, -0.25) is 0 Å². The molecular weight excluding hydrogens is 504 g/mol. The maximum atomic E-state index is 11.5. The van der Waals surface area contributed by atoms with E-state index < -0.39 is 17.5 Å². The van der Waals surface area contributed by atoms with E-state index in [2.05, 4.69) is 6.58 Å². The molecule has 38 heavy (non-hydrogen) atoms. The molecule has 0 radical (unpaired) electrons. The van der Waals surface area contributed by atoms with Gasteiger partial charge in [-0.15, -0.1) is 0 Å². The van der Waals surface area contributed by atoms with Gasteiger partial charge in [0.1, 0.15) is 18.8 Å². The fourth-order valence-corrected chi connectivity index (χ4v) is 2.38. The summed E-state index contributed by atoms with van der Waals surface area (Å²) in [5, 5.41) is 0. The molecule has 0 fully saturated rings. The monoisotopic (exact) mass is 552 g/mol. The molecule has 0 rings (SSSR count). The third kappa shape index (κ3) is 28.9. The van der Waals surface area contributed by atoms with Gasteiger partial charge in [0, 0.05) is 5.57 Å². The van der Waals surface area contributed by atoms with Gasteiger partial charge in [0.25, 0.3) is 0 Å². The van der Waals surface area contributed by atoms with Gasteiger partial charge in [0.2, 0.25) is 0 Å². The fraction of sp³-hybridized carbons (Fsp3) is 0.846. The second-order valence-electron chi connectivity index (χ2n) is 8.84. The normalized spacial score (nSPS) is 11.5. The van der Waals surface area contributed by atoms with Crippen molar-refractivity contribution in [1.29, 1.82) is 0 Å². The van der Waals surface area contributed by atoms with E-state index in [-0.39, 0.29) is 13.2 Å². The molecule has 0 saturated heterocycles. The number of hydrogen-bond donors (Lipinski definition) is 0. The molecule has 0 aromatic carbocycles. The molecule has 12 heteroatoms. The average molecular weight is 553 g/mol. The quantitative estimate of drug-likeness (QED) is 0.0834. The van der Waals surface area contributed by atoms with Crippen molar-refractivity contribution in [2.24, 2.45) is 0 Å². The Bertz CT molecular complexity index is 591. The Hall–Kier alpha value is -1.64. The van der Waals surface area contributed by atoms with Crippen LogP contribution in [0.2, 0.25) is 0 Å². The molecule has 0 bridgehead atoms. The van der Waals surface area contributed by atoms with E-state index in [9.17, 15) is 9.59 Å². The summed E-state index contributed by atoms with van der Waals surface area (Å²) in [6, 6.07) is 0. The van der Waals surface area contributed by atoms with E-state index in [1.165, 1.54) is 0 Å². The van der Waals surface area contributed by atoms with Gasteiger partial charge in [-0.1, -0.05) is 6.58 Å². The minimum Gasteiger partial charge on any atom is -0.460 e. The first-order chi connectivity index (χ1) is 18.2. The number of carbonyl (C=O) groups excluding carboxylic acids is 2. The molecule has 0 atom stereocenters. The highest BCUT2D eigenvalue weighted by molar-refractivity contribution is 5.86. The summed E-state index contributed by atoms with van der Waals surface area (Å²) in [7, 11) is 0. The molecule has 0 aromatic rings. The molecule has 0 unspecified atom stereocenters. The third-order valence-corrected chi connectivity index (χ3v) is 4.05. The van der Waals surface area contributed by atoms with E-state index in [1.807, 2.05) is 20.8 Å². The van der Waals surface area contributed by atoms with E-state index in [4.69, 9.17) is 47.4 Å². The summed E-state index contributed by atoms with van der Waals surface area (Å²) in [5.41, 5.74) is -0.145. The van der Waals surface area contributed by atoms with Gasteiger partial charge in [-0.25, -0.2) is 9.59 Å². The van der Waals surface area contributed by atoms with Crippen LogP contribution in [0.1, 0.15) is 27.7 Å². The van der Waals surface area contributed by atoms with Gasteiger partial charge in [0.05, 0.1) is 99.1 Å². The van der Waals surface area contributed by atoms with Crippen molar-refractivity contribution < 1.29 is 57.0 Å². The van der Waals surface area contributed by atoms with E-state index in [0.717, 1.165) is 0 Å². The average Bonchev–Trinajstić information content (AvgIpc) is 2.84. The lowest BCUT2D eigenvalue weighted by atomic mass is 10.2. The first-order valence-electron chi connectivity index (χ1n) is 12.9. The predicted octanol–water partition coefficient (Wildman–Crippen LogP) is 1.58. The number of esters is 2. The lowest BCUT2D eigenvalue weighted by Crippen LogP contribution is -2.27. The summed E-state index contributed by atoms with van der Waals surface area (Å²) in [6.45, 7) is 17.2. The topological polar surface area (TPSA) is 126 Å². The number of carbonyl (C=O) groups is 2. The summed E-state index contributed by atoms with van der Waals surface area (Å²) in [4.78, 5) is 22.6. The molecule has 0 aliphatic rings. The standard InChI is InChI=1S/C26H48O12/c1-23(2)25(28)37-21-20-35-17-16-33-13-12-31-9-8-29-6-7-30-10-11-32-14-15-34-18-19-36-22-24(27)38-26(3,4)5/h1,6-22H2,2-5H3. The molecule has 0 spiro atoms. The molecule has 0 aromatic heterocycles. The number of ether oxygens (including phenoxy) is 10. The zero-order valence-corrected chi connectivity index (χ0v) is 23.6. The van der Waals surface area contributed by atoms with E-state index >= 15 is 0 Å². The molecular formula is C26H48O12. The van der Waals surface area contributed by atoms with Crippen LogP contribution in [0.15, 0.2) is 12.2 Å². The molecule has 224 valence electrons. The largest absolute Gasteiger partial charge is 0.460 e.